The first-order valence-electron chi connectivity index (χ1n) is 10.2. The Bertz CT molecular complexity index is 754. The van der Waals surface area contributed by atoms with Crippen LogP contribution in [0.2, 0.25) is 0 Å². The minimum Gasteiger partial charge on any atom is -0.390 e. The monoisotopic (exact) mass is 374 g/mol. The van der Waals surface area contributed by atoms with Gasteiger partial charge >= 0.3 is 0 Å². The van der Waals surface area contributed by atoms with E-state index in [1.807, 2.05) is 13.8 Å². The summed E-state index contributed by atoms with van der Waals surface area (Å²) in [5.41, 5.74) is -0.530. The molecule has 4 rings (SSSR count). The second-order valence-electron chi connectivity index (χ2n) is 10.0. The van der Waals surface area contributed by atoms with Gasteiger partial charge in [-0.2, -0.15) is 0 Å². The zero-order chi connectivity index (χ0) is 19.9. The third-order valence-corrected chi connectivity index (χ3v) is 8.53. The van der Waals surface area contributed by atoms with E-state index in [-0.39, 0.29) is 41.0 Å². The Kier molecular flexibility index (Phi) is 4.11. The Labute approximate surface area is 160 Å². The third kappa shape index (κ3) is 2.34. The summed E-state index contributed by atoms with van der Waals surface area (Å²) in [5.74, 6) is -0.635. The van der Waals surface area contributed by atoms with E-state index in [1.54, 1.807) is 6.92 Å². The predicted octanol–water partition coefficient (Wildman–Crippen LogP) is 2.09. The van der Waals surface area contributed by atoms with Crippen LogP contribution in [0.3, 0.4) is 0 Å². The van der Waals surface area contributed by atoms with Crippen LogP contribution in [-0.2, 0) is 14.4 Å². The van der Waals surface area contributed by atoms with Crippen LogP contribution >= 0.6 is 0 Å². The molecular weight excluding hydrogens is 344 g/mol. The third-order valence-electron chi connectivity index (χ3n) is 8.53. The number of aliphatic hydroxyl groups excluding tert-OH is 2. The van der Waals surface area contributed by atoms with Crippen molar-refractivity contribution in [1.29, 1.82) is 0 Å². The van der Waals surface area contributed by atoms with Crippen LogP contribution in [0.5, 0.6) is 0 Å². The van der Waals surface area contributed by atoms with Gasteiger partial charge in [-0.25, -0.2) is 0 Å². The van der Waals surface area contributed by atoms with Crippen LogP contribution in [0, 0.1) is 40.4 Å². The Hall–Kier alpha value is -1.33. The van der Waals surface area contributed by atoms with Gasteiger partial charge in [0.1, 0.15) is 17.7 Å². The molecule has 0 bridgehead atoms. The number of hydrogen-bond donors (Lipinski definition) is 2. The van der Waals surface area contributed by atoms with E-state index in [4.69, 9.17) is 0 Å². The summed E-state index contributed by atoms with van der Waals surface area (Å²) in [6, 6.07) is 0. The maximum atomic E-state index is 13.4. The average molecular weight is 374 g/mol. The van der Waals surface area contributed by atoms with Gasteiger partial charge in [0.05, 0.1) is 6.10 Å². The Balaban J connectivity index is 1.84. The number of rotatable bonds is 1. The second kappa shape index (κ2) is 5.84. The van der Waals surface area contributed by atoms with E-state index in [2.05, 4.69) is 6.92 Å². The first-order valence-corrected chi connectivity index (χ1v) is 10.2. The van der Waals surface area contributed by atoms with Crippen molar-refractivity contribution in [3.05, 3.63) is 11.6 Å². The van der Waals surface area contributed by atoms with E-state index in [9.17, 15) is 24.6 Å². The molecule has 4 aliphatic carbocycles. The minimum atomic E-state index is -1.12. The molecule has 0 spiro atoms. The fourth-order valence-electron chi connectivity index (χ4n) is 7.63. The largest absolute Gasteiger partial charge is 0.390 e. The SMILES string of the molecule is CC(=O)[C@H]1[C@@H](C)C[C@H]2[C@@H]3[C@@H](O)[C@@H](O)C4=CC(=O)CC[C@]4(C)[C@H]3C(=O)C[C@@]21C. The summed E-state index contributed by atoms with van der Waals surface area (Å²) in [7, 11) is 0. The van der Waals surface area contributed by atoms with Crippen molar-refractivity contribution in [2.45, 2.75) is 65.6 Å². The van der Waals surface area contributed by atoms with E-state index in [1.165, 1.54) is 6.08 Å². The maximum Gasteiger partial charge on any atom is 0.155 e. The molecular formula is C22H30O5. The molecule has 3 fully saturated rings. The molecule has 0 saturated heterocycles. The summed E-state index contributed by atoms with van der Waals surface area (Å²) in [6.45, 7) is 7.66. The van der Waals surface area contributed by atoms with Gasteiger partial charge < -0.3 is 10.2 Å². The number of aliphatic hydroxyl groups is 2. The lowest BCUT2D eigenvalue weighted by Crippen LogP contribution is -2.63. The molecule has 9 atom stereocenters. The number of ketones is 3. The Morgan fingerprint density at radius 3 is 2.52 bits per heavy atom. The molecule has 0 aromatic rings. The van der Waals surface area contributed by atoms with E-state index in [0.717, 1.165) is 6.42 Å². The number of carbonyl (C=O) groups is 3. The van der Waals surface area contributed by atoms with Gasteiger partial charge in [-0.15, -0.1) is 0 Å². The Morgan fingerprint density at radius 2 is 1.89 bits per heavy atom. The predicted molar refractivity (Wildman–Crippen MR) is 98.6 cm³/mol. The fraction of sp³-hybridized carbons (Fsp3) is 0.773. The highest BCUT2D eigenvalue weighted by Gasteiger charge is 2.67. The summed E-state index contributed by atoms with van der Waals surface area (Å²) in [6.07, 6.45) is 1.29. The number of hydrogen-bond acceptors (Lipinski definition) is 5. The van der Waals surface area contributed by atoms with Crippen LogP contribution in [0.1, 0.15) is 53.4 Å². The van der Waals surface area contributed by atoms with Gasteiger partial charge in [0.15, 0.2) is 5.78 Å². The summed E-state index contributed by atoms with van der Waals surface area (Å²) >= 11 is 0. The molecule has 3 saturated carbocycles. The lowest BCUT2D eigenvalue weighted by atomic mass is 9.45. The summed E-state index contributed by atoms with van der Waals surface area (Å²) in [5, 5.41) is 21.9. The van der Waals surface area contributed by atoms with Gasteiger partial charge in [0, 0.05) is 36.0 Å². The highest BCUT2D eigenvalue weighted by molar-refractivity contribution is 5.93. The zero-order valence-electron chi connectivity index (χ0n) is 16.6. The Morgan fingerprint density at radius 1 is 1.22 bits per heavy atom. The highest BCUT2D eigenvalue weighted by atomic mass is 16.3. The van der Waals surface area contributed by atoms with Crippen LogP contribution in [0.25, 0.3) is 0 Å². The molecule has 0 heterocycles. The zero-order valence-corrected chi connectivity index (χ0v) is 16.6. The van der Waals surface area contributed by atoms with Crippen molar-refractivity contribution in [1.82, 2.24) is 0 Å². The van der Waals surface area contributed by atoms with Crippen molar-refractivity contribution < 1.29 is 24.6 Å². The van der Waals surface area contributed by atoms with Crippen molar-refractivity contribution >= 4 is 17.3 Å². The lowest BCUT2D eigenvalue weighted by Gasteiger charge is -2.59. The molecule has 0 amide bonds. The van der Waals surface area contributed by atoms with Crippen molar-refractivity contribution in [3.63, 3.8) is 0 Å². The van der Waals surface area contributed by atoms with Crippen molar-refractivity contribution in [3.8, 4) is 0 Å². The molecule has 2 N–H and O–H groups in total. The van der Waals surface area contributed by atoms with Gasteiger partial charge in [-0.1, -0.05) is 20.8 Å². The summed E-state index contributed by atoms with van der Waals surface area (Å²) < 4.78 is 0. The van der Waals surface area contributed by atoms with Gasteiger partial charge in [0.25, 0.3) is 0 Å². The molecule has 0 aromatic heterocycles. The maximum absolute atomic E-state index is 13.4. The van der Waals surface area contributed by atoms with Gasteiger partial charge in [-0.05, 0) is 48.7 Å². The molecule has 27 heavy (non-hydrogen) atoms. The normalized spacial score (nSPS) is 51.9. The van der Waals surface area contributed by atoms with Gasteiger partial charge in [-0.3, -0.25) is 14.4 Å². The van der Waals surface area contributed by atoms with Crippen molar-refractivity contribution in [2.24, 2.45) is 40.4 Å². The quantitative estimate of drug-likeness (QED) is 0.733. The smallest absolute Gasteiger partial charge is 0.155 e. The first-order chi connectivity index (χ1) is 12.5. The van der Waals surface area contributed by atoms with Crippen LogP contribution in [0.4, 0.5) is 0 Å². The number of Topliss-reactive ketones (excluding diaryl/α,β-unsaturated/α-hetero) is 2. The second-order valence-corrected chi connectivity index (χ2v) is 10.0. The fourth-order valence-corrected chi connectivity index (χ4v) is 7.63. The molecule has 0 aliphatic heterocycles. The van der Waals surface area contributed by atoms with Crippen LogP contribution < -0.4 is 0 Å². The molecule has 0 radical (unpaired) electrons. The van der Waals surface area contributed by atoms with Gasteiger partial charge in [0.2, 0.25) is 0 Å². The molecule has 5 heteroatoms. The molecule has 5 nitrogen and oxygen atoms in total. The molecule has 4 aliphatic rings. The molecule has 148 valence electrons. The van der Waals surface area contributed by atoms with Crippen LogP contribution in [-0.4, -0.2) is 39.8 Å². The average Bonchev–Trinajstić information content (AvgIpc) is 2.83. The van der Waals surface area contributed by atoms with E-state index >= 15 is 0 Å². The number of fused-ring (bicyclic) bond motifs is 5. The van der Waals surface area contributed by atoms with Crippen LogP contribution in [0.15, 0.2) is 11.6 Å². The summed E-state index contributed by atoms with van der Waals surface area (Å²) in [4.78, 5) is 37.8. The minimum absolute atomic E-state index is 0.0183. The first kappa shape index (κ1) is 19.0. The highest BCUT2D eigenvalue weighted by Crippen LogP contribution is 2.66. The standard InChI is InChI=1S/C22H30O5/c1-10-7-13-16-18(15(25)9-22(13,4)17(10)11(2)23)21(3)6-5-12(24)8-14(21)19(26)20(16)27/h8,10,13,16-20,26-27H,5-7,9H2,1-4H3/t10-,13-,16-,17+,18-,19-,20+,21-,22-/m0/s1. The van der Waals surface area contributed by atoms with E-state index < -0.39 is 29.0 Å². The molecule has 0 unspecified atom stereocenters. The lowest BCUT2D eigenvalue weighted by molar-refractivity contribution is -0.169. The topological polar surface area (TPSA) is 91.7 Å². The number of carbonyl (C=O) groups excluding carboxylic acids is 3. The van der Waals surface area contributed by atoms with E-state index in [0.29, 0.717) is 24.8 Å². The van der Waals surface area contributed by atoms with Crippen molar-refractivity contribution in [2.75, 3.05) is 0 Å². The molecule has 0 aromatic carbocycles.